The van der Waals surface area contributed by atoms with Crippen molar-refractivity contribution in [3.8, 4) is 0 Å². The van der Waals surface area contributed by atoms with E-state index in [4.69, 9.17) is 5.11 Å². The number of hydrogen-bond donors (Lipinski definition) is 2. The van der Waals surface area contributed by atoms with E-state index in [2.05, 4.69) is 23.7 Å². The Kier molecular flexibility index (Phi) is 4.78. The molecule has 1 aliphatic rings. The minimum Gasteiger partial charge on any atom is -0.478 e. The lowest BCUT2D eigenvalue weighted by atomic mass is 10.0. The van der Waals surface area contributed by atoms with Crippen LogP contribution < -0.4 is 5.32 Å². The zero-order valence-corrected chi connectivity index (χ0v) is 9.33. The van der Waals surface area contributed by atoms with Crippen LogP contribution in [0.25, 0.3) is 0 Å². The van der Waals surface area contributed by atoms with Crippen molar-refractivity contribution in [2.24, 2.45) is 0 Å². The van der Waals surface area contributed by atoms with E-state index in [0.717, 1.165) is 32.5 Å². The normalized spacial score (nSPS) is 18.0. The van der Waals surface area contributed by atoms with Crippen LogP contribution in [0.2, 0.25) is 0 Å². The van der Waals surface area contributed by atoms with Gasteiger partial charge in [-0.3, -0.25) is 4.90 Å². The highest BCUT2D eigenvalue weighted by molar-refractivity contribution is 5.86. The fourth-order valence-corrected chi connectivity index (χ4v) is 1.98. The number of aliphatic carboxylic acids is 1. The molecule has 1 rings (SSSR count). The molecule has 1 aliphatic heterocycles. The maximum Gasteiger partial charge on any atom is 0.332 e. The van der Waals surface area contributed by atoms with Gasteiger partial charge in [0.25, 0.3) is 0 Å². The number of carboxylic acids is 1. The summed E-state index contributed by atoms with van der Waals surface area (Å²) in [6.45, 7) is 9.07. The predicted octanol–water partition coefficient (Wildman–Crippen LogP) is 0.701. The molecule has 2 N–H and O–H groups in total. The Bertz CT molecular complexity index is 235. The maximum atomic E-state index is 10.7. The Morgan fingerprint density at radius 2 is 2.13 bits per heavy atom. The number of rotatable bonds is 5. The maximum absolute atomic E-state index is 10.7. The van der Waals surface area contributed by atoms with Gasteiger partial charge in [0.1, 0.15) is 0 Å². The SMILES string of the molecule is C=C(CN(CC)C1CCNCC1)C(=O)O. The molecule has 15 heavy (non-hydrogen) atoms. The van der Waals surface area contributed by atoms with Gasteiger partial charge >= 0.3 is 5.97 Å². The summed E-state index contributed by atoms with van der Waals surface area (Å²) in [5, 5.41) is 12.1. The van der Waals surface area contributed by atoms with Gasteiger partial charge in [0, 0.05) is 18.2 Å². The van der Waals surface area contributed by atoms with Crippen LogP contribution in [-0.4, -0.2) is 48.2 Å². The first-order chi connectivity index (χ1) is 7.15. The molecular formula is C11H20N2O2. The van der Waals surface area contributed by atoms with Crippen molar-refractivity contribution in [2.75, 3.05) is 26.2 Å². The van der Waals surface area contributed by atoms with E-state index >= 15 is 0 Å². The van der Waals surface area contributed by atoms with Crippen LogP contribution in [0.1, 0.15) is 19.8 Å². The molecule has 1 fully saturated rings. The number of nitrogens with one attached hydrogen (secondary N) is 1. The summed E-state index contributed by atoms with van der Waals surface area (Å²) in [4.78, 5) is 12.9. The Morgan fingerprint density at radius 1 is 1.53 bits per heavy atom. The van der Waals surface area contributed by atoms with Gasteiger partial charge in [-0.2, -0.15) is 0 Å². The van der Waals surface area contributed by atoms with Crippen molar-refractivity contribution >= 4 is 5.97 Å². The molecular weight excluding hydrogens is 192 g/mol. The number of hydrogen-bond acceptors (Lipinski definition) is 3. The molecule has 0 aromatic heterocycles. The highest BCUT2D eigenvalue weighted by atomic mass is 16.4. The molecule has 0 aliphatic carbocycles. The monoisotopic (exact) mass is 212 g/mol. The molecule has 0 radical (unpaired) electrons. The summed E-state index contributed by atoms with van der Waals surface area (Å²) in [5.74, 6) is -0.887. The molecule has 0 aromatic rings. The topological polar surface area (TPSA) is 52.6 Å². The lowest BCUT2D eigenvalue weighted by molar-refractivity contribution is -0.133. The second kappa shape index (κ2) is 5.88. The molecule has 0 aromatic carbocycles. The van der Waals surface area contributed by atoms with Crippen LogP contribution in [0.15, 0.2) is 12.2 Å². The minimum absolute atomic E-state index is 0.287. The largest absolute Gasteiger partial charge is 0.478 e. The van der Waals surface area contributed by atoms with E-state index in [-0.39, 0.29) is 5.57 Å². The molecule has 0 bridgehead atoms. The third-order valence-electron chi connectivity index (χ3n) is 2.93. The highest BCUT2D eigenvalue weighted by Crippen LogP contribution is 2.12. The average molecular weight is 212 g/mol. The Hall–Kier alpha value is -0.870. The first kappa shape index (κ1) is 12.2. The molecule has 0 atom stereocenters. The number of carbonyl (C=O) groups is 1. The van der Waals surface area contributed by atoms with Crippen LogP contribution in [0.5, 0.6) is 0 Å². The van der Waals surface area contributed by atoms with E-state index in [0.29, 0.717) is 12.6 Å². The molecule has 0 saturated carbocycles. The van der Waals surface area contributed by atoms with Crippen LogP contribution in [0.3, 0.4) is 0 Å². The second-order valence-electron chi connectivity index (χ2n) is 3.95. The quantitative estimate of drug-likeness (QED) is 0.659. The Labute approximate surface area is 91.0 Å². The number of nitrogens with zero attached hydrogens (tertiary/aromatic N) is 1. The molecule has 1 heterocycles. The van der Waals surface area contributed by atoms with Gasteiger partial charge in [-0.25, -0.2) is 4.79 Å². The minimum atomic E-state index is -0.887. The van der Waals surface area contributed by atoms with Crippen LogP contribution in [-0.2, 0) is 4.79 Å². The predicted molar refractivity (Wildman–Crippen MR) is 59.9 cm³/mol. The fourth-order valence-electron chi connectivity index (χ4n) is 1.98. The Balaban J connectivity index is 2.46. The molecule has 86 valence electrons. The molecule has 4 heteroatoms. The lowest BCUT2D eigenvalue weighted by Gasteiger charge is -2.33. The molecule has 0 unspecified atom stereocenters. The van der Waals surface area contributed by atoms with Crippen molar-refractivity contribution in [1.82, 2.24) is 10.2 Å². The Morgan fingerprint density at radius 3 is 2.60 bits per heavy atom. The third-order valence-corrected chi connectivity index (χ3v) is 2.93. The summed E-state index contributed by atoms with van der Waals surface area (Å²) >= 11 is 0. The van der Waals surface area contributed by atoms with Gasteiger partial charge in [-0.05, 0) is 32.5 Å². The van der Waals surface area contributed by atoms with Crippen molar-refractivity contribution in [1.29, 1.82) is 0 Å². The fraction of sp³-hybridized carbons (Fsp3) is 0.727. The van der Waals surface area contributed by atoms with Gasteiger partial charge in [0.05, 0.1) is 0 Å². The van der Waals surface area contributed by atoms with Gasteiger partial charge in [0.2, 0.25) is 0 Å². The summed E-state index contributed by atoms with van der Waals surface area (Å²) in [6.07, 6.45) is 2.20. The zero-order chi connectivity index (χ0) is 11.3. The van der Waals surface area contributed by atoms with Crippen molar-refractivity contribution < 1.29 is 9.90 Å². The number of piperidine rings is 1. The second-order valence-corrected chi connectivity index (χ2v) is 3.95. The van der Waals surface area contributed by atoms with Crippen LogP contribution >= 0.6 is 0 Å². The number of carboxylic acid groups (broad SMARTS) is 1. The molecule has 1 saturated heterocycles. The molecule has 0 spiro atoms. The van der Waals surface area contributed by atoms with Crippen molar-refractivity contribution in [3.05, 3.63) is 12.2 Å². The van der Waals surface area contributed by atoms with Gasteiger partial charge in [0.15, 0.2) is 0 Å². The van der Waals surface area contributed by atoms with E-state index in [1.807, 2.05) is 0 Å². The van der Waals surface area contributed by atoms with Crippen LogP contribution in [0, 0.1) is 0 Å². The molecule has 4 nitrogen and oxygen atoms in total. The van der Waals surface area contributed by atoms with Gasteiger partial charge in [-0.1, -0.05) is 13.5 Å². The van der Waals surface area contributed by atoms with E-state index < -0.39 is 5.97 Å². The number of likely N-dealkylation sites (N-methyl/N-ethyl adjacent to an activating group) is 1. The average Bonchev–Trinajstić information content (AvgIpc) is 2.26. The summed E-state index contributed by atoms with van der Waals surface area (Å²) in [5.41, 5.74) is 0.287. The standard InChI is InChI=1S/C11H20N2O2/c1-3-13(8-9(2)11(14)15)10-4-6-12-7-5-10/h10,12H,2-8H2,1H3,(H,14,15). The summed E-state index contributed by atoms with van der Waals surface area (Å²) in [7, 11) is 0. The van der Waals surface area contributed by atoms with Gasteiger partial charge < -0.3 is 10.4 Å². The lowest BCUT2D eigenvalue weighted by Crippen LogP contribution is -2.44. The van der Waals surface area contributed by atoms with E-state index in [1.54, 1.807) is 0 Å². The molecule has 0 amide bonds. The smallest absolute Gasteiger partial charge is 0.332 e. The van der Waals surface area contributed by atoms with Gasteiger partial charge in [-0.15, -0.1) is 0 Å². The highest BCUT2D eigenvalue weighted by Gasteiger charge is 2.21. The van der Waals surface area contributed by atoms with E-state index in [9.17, 15) is 4.79 Å². The summed E-state index contributed by atoms with van der Waals surface area (Å²) in [6, 6.07) is 0.507. The third kappa shape index (κ3) is 3.64. The first-order valence-electron chi connectivity index (χ1n) is 5.51. The summed E-state index contributed by atoms with van der Waals surface area (Å²) < 4.78 is 0. The van der Waals surface area contributed by atoms with Crippen molar-refractivity contribution in [3.63, 3.8) is 0 Å². The van der Waals surface area contributed by atoms with E-state index in [1.165, 1.54) is 0 Å². The van der Waals surface area contributed by atoms with Crippen LogP contribution in [0.4, 0.5) is 0 Å². The zero-order valence-electron chi connectivity index (χ0n) is 9.33. The first-order valence-corrected chi connectivity index (χ1v) is 5.51. The van der Waals surface area contributed by atoms with Crippen molar-refractivity contribution in [2.45, 2.75) is 25.8 Å².